The van der Waals surface area contributed by atoms with E-state index in [1.807, 2.05) is 38.1 Å². The Balaban J connectivity index is 1.47. The zero-order valence-electron chi connectivity index (χ0n) is 22.4. The minimum atomic E-state index is -0.255. The highest BCUT2D eigenvalue weighted by Gasteiger charge is 2.32. The zero-order chi connectivity index (χ0) is 26.9. The molecule has 0 atom stereocenters. The van der Waals surface area contributed by atoms with Crippen LogP contribution in [0.1, 0.15) is 48.1 Å². The van der Waals surface area contributed by atoms with Crippen molar-refractivity contribution >= 4 is 28.6 Å². The lowest BCUT2D eigenvalue weighted by molar-refractivity contribution is 0.101. The molecular formula is C29H33N7O2. The third-order valence-corrected chi connectivity index (χ3v) is 6.77. The van der Waals surface area contributed by atoms with Crippen molar-refractivity contribution in [3.05, 3.63) is 71.0 Å². The highest BCUT2D eigenvalue weighted by molar-refractivity contribution is 6.04. The van der Waals surface area contributed by atoms with E-state index < -0.39 is 0 Å². The molecule has 9 nitrogen and oxygen atoms in total. The van der Waals surface area contributed by atoms with E-state index in [2.05, 4.69) is 51.9 Å². The predicted octanol–water partition coefficient (Wildman–Crippen LogP) is 4.75. The van der Waals surface area contributed by atoms with Gasteiger partial charge in [0.05, 0.1) is 47.3 Å². The Morgan fingerprint density at radius 2 is 1.97 bits per heavy atom. The number of nitrogens with one attached hydrogen (secondary N) is 1. The maximum atomic E-state index is 13.3. The Labute approximate surface area is 222 Å². The standard InChI is InChI=1S/C29H33N7O2/c1-5-36-25(13-20(2)33-36)27(37)32-28-31-23-14-22(16-30)15-24-26(23)35(28)19-29(3,4)18-34(24)11-12-38-17-21-9-7-6-8-10-21/h6-10,13-15H,5,11-12,17-19H2,1-4H3,(H,31,32,37). The van der Waals surface area contributed by atoms with E-state index in [-0.39, 0.29) is 11.3 Å². The number of aromatic nitrogens is 4. The second kappa shape index (κ2) is 10.3. The van der Waals surface area contributed by atoms with Crippen molar-refractivity contribution in [2.75, 3.05) is 29.9 Å². The smallest absolute Gasteiger partial charge is 0.276 e. The van der Waals surface area contributed by atoms with Crippen molar-refractivity contribution in [1.82, 2.24) is 19.3 Å². The summed E-state index contributed by atoms with van der Waals surface area (Å²) in [6.07, 6.45) is 0. The van der Waals surface area contributed by atoms with E-state index in [1.165, 1.54) is 0 Å². The van der Waals surface area contributed by atoms with Crippen LogP contribution in [0.2, 0.25) is 0 Å². The van der Waals surface area contributed by atoms with E-state index in [9.17, 15) is 10.1 Å². The highest BCUT2D eigenvalue weighted by Crippen LogP contribution is 2.38. The van der Waals surface area contributed by atoms with Crippen LogP contribution in [0.15, 0.2) is 48.5 Å². The molecule has 1 aliphatic heterocycles. The molecule has 1 N–H and O–H groups in total. The van der Waals surface area contributed by atoms with Crippen LogP contribution in [-0.4, -0.2) is 44.9 Å². The summed E-state index contributed by atoms with van der Waals surface area (Å²) in [7, 11) is 0. The Morgan fingerprint density at radius 3 is 2.71 bits per heavy atom. The molecule has 3 heterocycles. The fraction of sp³-hybridized carbons (Fsp3) is 0.379. The van der Waals surface area contributed by atoms with Gasteiger partial charge in [0, 0.05) is 31.6 Å². The lowest BCUT2D eigenvalue weighted by atomic mass is 9.93. The van der Waals surface area contributed by atoms with Crippen LogP contribution in [0.3, 0.4) is 0 Å². The normalized spacial score (nSPS) is 14.3. The van der Waals surface area contributed by atoms with Gasteiger partial charge in [-0.3, -0.25) is 14.8 Å². The molecule has 0 bridgehead atoms. The average Bonchev–Trinajstić information content (AvgIpc) is 3.41. The Morgan fingerprint density at radius 1 is 1.18 bits per heavy atom. The molecule has 0 saturated heterocycles. The summed E-state index contributed by atoms with van der Waals surface area (Å²) < 4.78 is 9.78. The molecule has 0 fully saturated rings. The van der Waals surface area contributed by atoms with Crippen molar-refractivity contribution in [2.45, 2.75) is 47.4 Å². The number of amides is 1. The average molecular weight is 512 g/mol. The second-order valence-corrected chi connectivity index (χ2v) is 10.6. The van der Waals surface area contributed by atoms with Crippen LogP contribution < -0.4 is 10.2 Å². The van der Waals surface area contributed by atoms with Gasteiger partial charge in [0.1, 0.15) is 5.69 Å². The summed E-state index contributed by atoms with van der Waals surface area (Å²) in [6.45, 7) is 12.0. The van der Waals surface area contributed by atoms with Gasteiger partial charge in [-0.05, 0) is 37.6 Å². The fourth-order valence-corrected chi connectivity index (χ4v) is 5.15. The topological polar surface area (TPSA) is 101 Å². The molecule has 0 spiro atoms. The van der Waals surface area contributed by atoms with Crippen LogP contribution in [0.4, 0.5) is 11.6 Å². The number of nitrogens with zero attached hydrogens (tertiary/aromatic N) is 6. The van der Waals surface area contributed by atoms with Gasteiger partial charge in [-0.2, -0.15) is 10.4 Å². The molecule has 196 valence electrons. The molecule has 0 aliphatic carbocycles. The van der Waals surface area contributed by atoms with E-state index in [1.54, 1.807) is 16.8 Å². The monoisotopic (exact) mass is 511 g/mol. The van der Waals surface area contributed by atoms with Gasteiger partial charge < -0.3 is 14.2 Å². The molecule has 0 saturated carbocycles. The van der Waals surface area contributed by atoms with Gasteiger partial charge in [-0.25, -0.2) is 4.98 Å². The maximum absolute atomic E-state index is 13.3. The van der Waals surface area contributed by atoms with E-state index in [0.717, 1.165) is 29.0 Å². The maximum Gasteiger partial charge on any atom is 0.276 e. The first-order valence-electron chi connectivity index (χ1n) is 12.9. The number of hydrogen-bond acceptors (Lipinski definition) is 6. The van der Waals surface area contributed by atoms with Crippen LogP contribution in [0.5, 0.6) is 0 Å². The number of nitriles is 1. The second-order valence-electron chi connectivity index (χ2n) is 10.6. The van der Waals surface area contributed by atoms with E-state index in [4.69, 9.17) is 9.72 Å². The molecule has 38 heavy (non-hydrogen) atoms. The Kier molecular flexibility index (Phi) is 6.91. The molecule has 5 rings (SSSR count). The largest absolute Gasteiger partial charge is 0.375 e. The number of hydrogen-bond donors (Lipinski definition) is 1. The van der Waals surface area contributed by atoms with Gasteiger partial charge in [-0.15, -0.1) is 0 Å². The van der Waals surface area contributed by atoms with Crippen molar-refractivity contribution < 1.29 is 9.53 Å². The summed E-state index contributed by atoms with van der Waals surface area (Å²) in [6, 6.07) is 17.9. The number of aryl methyl sites for hydroxylation is 2. The van der Waals surface area contributed by atoms with Crippen molar-refractivity contribution in [3.63, 3.8) is 0 Å². The first kappa shape index (κ1) is 25.5. The Hall–Kier alpha value is -4.16. The zero-order valence-corrected chi connectivity index (χ0v) is 22.4. The lowest BCUT2D eigenvalue weighted by Gasteiger charge is -2.31. The molecule has 0 radical (unpaired) electrons. The van der Waals surface area contributed by atoms with E-state index in [0.29, 0.717) is 55.6 Å². The number of rotatable bonds is 8. The van der Waals surface area contributed by atoms with Gasteiger partial charge in [0.25, 0.3) is 5.91 Å². The predicted molar refractivity (Wildman–Crippen MR) is 147 cm³/mol. The quantitative estimate of drug-likeness (QED) is 0.343. The van der Waals surface area contributed by atoms with Crippen molar-refractivity contribution in [3.8, 4) is 6.07 Å². The summed E-state index contributed by atoms with van der Waals surface area (Å²) in [5.74, 6) is 0.215. The summed E-state index contributed by atoms with van der Waals surface area (Å²) in [4.78, 5) is 20.3. The SMILES string of the molecule is CCn1nc(C)cc1C(=O)Nc1nc2cc(C#N)cc3c2n1CC(C)(C)CN3CCOCc1ccccc1. The number of ether oxygens (including phenoxy) is 1. The number of benzene rings is 2. The fourth-order valence-electron chi connectivity index (χ4n) is 5.15. The molecule has 1 aliphatic rings. The van der Waals surface area contributed by atoms with E-state index >= 15 is 0 Å². The molecule has 2 aromatic heterocycles. The minimum Gasteiger partial charge on any atom is -0.375 e. The number of anilines is 2. The van der Waals surface area contributed by atoms with Gasteiger partial charge in [0.2, 0.25) is 5.95 Å². The summed E-state index contributed by atoms with van der Waals surface area (Å²) in [5, 5.41) is 17.2. The third-order valence-electron chi connectivity index (χ3n) is 6.77. The molecule has 4 aromatic rings. The molecule has 9 heteroatoms. The molecule has 0 unspecified atom stereocenters. The highest BCUT2D eigenvalue weighted by atomic mass is 16.5. The molecule has 2 aromatic carbocycles. The molecule has 1 amide bonds. The lowest BCUT2D eigenvalue weighted by Crippen LogP contribution is -2.37. The third kappa shape index (κ3) is 5.13. The number of imidazole rings is 1. The summed E-state index contributed by atoms with van der Waals surface area (Å²) >= 11 is 0. The van der Waals surface area contributed by atoms with Gasteiger partial charge in [0.15, 0.2) is 0 Å². The van der Waals surface area contributed by atoms with Crippen molar-refractivity contribution in [1.29, 1.82) is 5.26 Å². The van der Waals surface area contributed by atoms with Crippen LogP contribution in [0.25, 0.3) is 11.0 Å². The number of carbonyl (C=O) groups is 1. The first-order valence-corrected chi connectivity index (χ1v) is 12.9. The minimum absolute atomic E-state index is 0.139. The van der Waals surface area contributed by atoms with Crippen molar-refractivity contribution in [2.24, 2.45) is 5.41 Å². The van der Waals surface area contributed by atoms with Gasteiger partial charge >= 0.3 is 0 Å². The summed E-state index contributed by atoms with van der Waals surface area (Å²) in [5.41, 5.74) is 5.33. The van der Waals surface area contributed by atoms with Crippen LogP contribution >= 0.6 is 0 Å². The Bertz CT molecular complexity index is 1510. The van der Waals surface area contributed by atoms with Crippen LogP contribution in [0, 0.1) is 23.7 Å². The van der Waals surface area contributed by atoms with Crippen LogP contribution in [-0.2, 0) is 24.4 Å². The number of carbonyl (C=O) groups excluding carboxylic acids is 1. The van der Waals surface area contributed by atoms with Gasteiger partial charge in [-0.1, -0.05) is 44.2 Å². The first-order chi connectivity index (χ1) is 18.3. The molecular weight excluding hydrogens is 478 g/mol.